The summed E-state index contributed by atoms with van der Waals surface area (Å²) in [5.41, 5.74) is 0. The van der Waals surface area contributed by atoms with Gasteiger partial charge in [-0.2, -0.15) is 0 Å². The van der Waals surface area contributed by atoms with Crippen molar-refractivity contribution >= 4 is 11.8 Å². The van der Waals surface area contributed by atoms with E-state index in [1.807, 2.05) is 0 Å². The molecule has 14 heavy (non-hydrogen) atoms. The quantitative estimate of drug-likeness (QED) is 0.533. The second-order valence-corrected chi connectivity index (χ2v) is 3.87. The highest BCUT2D eigenvalue weighted by molar-refractivity contribution is 6.35. The van der Waals surface area contributed by atoms with Crippen LogP contribution in [0.4, 0.5) is 0 Å². The van der Waals surface area contributed by atoms with Gasteiger partial charge in [-0.1, -0.05) is 0 Å². The zero-order valence-corrected chi connectivity index (χ0v) is 8.08. The summed E-state index contributed by atoms with van der Waals surface area (Å²) in [6, 6.07) is 0. The average Bonchev–Trinajstić information content (AvgIpc) is 2.66. The maximum absolute atomic E-state index is 11.4. The maximum Gasteiger partial charge on any atom is 0.311 e. The van der Waals surface area contributed by atoms with E-state index >= 15 is 0 Å². The van der Waals surface area contributed by atoms with Crippen LogP contribution in [0.5, 0.6) is 0 Å². The van der Waals surface area contributed by atoms with Crippen LogP contribution < -0.4 is 10.6 Å². The summed E-state index contributed by atoms with van der Waals surface area (Å²) in [7, 11) is 0. The fourth-order valence-electron chi connectivity index (χ4n) is 1.98. The lowest BCUT2D eigenvalue weighted by molar-refractivity contribution is -0.148. The molecule has 0 aromatic rings. The first kappa shape index (κ1) is 9.45. The van der Waals surface area contributed by atoms with E-state index in [2.05, 4.69) is 10.6 Å². The summed E-state index contributed by atoms with van der Waals surface area (Å²) in [5.74, 6) is -0.310. The molecule has 2 N–H and O–H groups in total. The standard InChI is InChI=1S/C9H15N3O2/c13-8-9(14)12(4-3-11-8)6-7-1-2-10-5-7/h7,10H,1-6H2,(H,11,13). The van der Waals surface area contributed by atoms with Crippen LogP contribution in [0.25, 0.3) is 0 Å². The molecule has 0 radical (unpaired) electrons. The summed E-state index contributed by atoms with van der Waals surface area (Å²) < 4.78 is 0. The lowest BCUT2D eigenvalue weighted by Gasteiger charge is -2.28. The molecule has 2 heterocycles. The van der Waals surface area contributed by atoms with E-state index in [-0.39, 0.29) is 5.91 Å². The molecular formula is C9H15N3O2. The Balaban J connectivity index is 1.89. The average molecular weight is 197 g/mol. The van der Waals surface area contributed by atoms with Gasteiger partial charge in [0.05, 0.1) is 0 Å². The van der Waals surface area contributed by atoms with Gasteiger partial charge in [-0.3, -0.25) is 9.59 Å². The minimum absolute atomic E-state index is 0.372. The van der Waals surface area contributed by atoms with Crippen LogP contribution in [0, 0.1) is 5.92 Å². The molecule has 2 saturated heterocycles. The zero-order chi connectivity index (χ0) is 9.97. The lowest BCUT2D eigenvalue weighted by Crippen LogP contribution is -2.53. The fourth-order valence-corrected chi connectivity index (χ4v) is 1.98. The molecule has 2 rings (SSSR count). The Morgan fingerprint density at radius 2 is 2.21 bits per heavy atom. The van der Waals surface area contributed by atoms with E-state index in [0.29, 0.717) is 19.0 Å². The third kappa shape index (κ3) is 1.87. The second kappa shape index (κ2) is 3.96. The largest absolute Gasteiger partial charge is 0.346 e. The van der Waals surface area contributed by atoms with E-state index in [0.717, 1.165) is 26.1 Å². The van der Waals surface area contributed by atoms with Gasteiger partial charge in [0, 0.05) is 19.6 Å². The van der Waals surface area contributed by atoms with E-state index in [1.165, 1.54) is 0 Å². The van der Waals surface area contributed by atoms with Gasteiger partial charge >= 0.3 is 11.8 Å². The number of piperazine rings is 1. The van der Waals surface area contributed by atoms with Crippen molar-refractivity contribution in [1.82, 2.24) is 15.5 Å². The van der Waals surface area contributed by atoms with Crippen LogP contribution in [0.1, 0.15) is 6.42 Å². The third-order valence-electron chi connectivity index (χ3n) is 2.79. The predicted molar refractivity (Wildman–Crippen MR) is 50.6 cm³/mol. The van der Waals surface area contributed by atoms with Gasteiger partial charge < -0.3 is 15.5 Å². The van der Waals surface area contributed by atoms with Gasteiger partial charge in [0.25, 0.3) is 0 Å². The molecule has 0 spiro atoms. The molecule has 0 aromatic carbocycles. The third-order valence-corrected chi connectivity index (χ3v) is 2.79. The molecule has 2 fully saturated rings. The van der Waals surface area contributed by atoms with Crippen molar-refractivity contribution in [3.8, 4) is 0 Å². The molecule has 2 amide bonds. The van der Waals surface area contributed by atoms with Gasteiger partial charge in [0.2, 0.25) is 0 Å². The second-order valence-electron chi connectivity index (χ2n) is 3.87. The minimum Gasteiger partial charge on any atom is -0.346 e. The Bertz CT molecular complexity index is 248. The van der Waals surface area contributed by atoms with Crippen LogP contribution in [-0.4, -0.2) is 49.4 Å². The molecule has 1 atom stereocenters. The van der Waals surface area contributed by atoms with Gasteiger partial charge in [0.1, 0.15) is 0 Å². The number of rotatable bonds is 2. The molecule has 5 nitrogen and oxygen atoms in total. The first-order valence-corrected chi connectivity index (χ1v) is 5.05. The van der Waals surface area contributed by atoms with Crippen molar-refractivity contribution in [1.29, 1.82) is 0 Å². The number of carbonyl (C=O) groups excluding carboxylic acids is 2. The summed E-state index contributed by atoms with van der Waals surface area (Å²) in [5, 5.41) is 5.79. The van der Waals surface area contributed by atoms with E-state index < -0.39 is 5.91 Å². The van der Waals surface area contributed by atoms with Crippen molar-refractivity contribution in [2.75, 3.05) is 32.7 Å². The SMILES string of the molecule is O=C1NCCN(CC2CCNC2)C1=O. The van der Waals surface area contributed by atoms with Crippen molar-refractivity contribution in [2.45, 2.75) is 6.42 Å². The zero-order valence-electron chi connectivity index (χ0n) is 8.08. The van der Waals surface area contributed by atoms with Gasteiger partial charge in [-0.25, -0.2) is 0 Å². The lowest BCUT2D eigenvalue weighted by atomic mass is 10.1. The maximum atomic E-state index is 11.4. The van der Waals surface area contributed by atoms with E-state index in [4.69, 9.17) is 0 Å². The topological polar surface area (TPSA) is 61.4 Å². The first-order chi connectivity index (χ1) is 6.77. The fraction of sp³-hybridized carbons (Fsp3) is 0.778. The predicted octanol–water partition coefficient (Wildman–Crippen LogP) is -1.45. The molecule has 0 bridgehead atoms. The van der Waals surface area contributed by atoms with Crippen molar-refractivity contribution in [3.63, 3.8) is 0 Å². The van der Waals surface area contributed by atoms with Crippen LogP contribution in [0.3, 0.4) is 0 Å². The number of nitrogens with one attached hydrogen (secondary N) is 2. The summed E-state index contributed by atoms with van der Waals surface area (Å²) in [6.45, 7) is 3.95. The number of hydrogen-bond donors (Lipinski definition) is 2. The smallest absolute Gasteiger partial charge is 0.311 e. The Morgan fingerprint density at radius 3 is 2.93 bits per heavy atom. The molecule has 2 aliphatic rings. The molecule has 5 heteroatoms. The van der Waals surface area contributed by atoms with Crippen LogP contribution >= 0.6 is 0 Å². The Labute approximate surface area is 82.8 Å². The minimum atomic E-state index is -0.456. The van der Waals surface area contributed by atoms with Gasteiger partial charge in [-0.15, -0.1) is 0 Å². The molecule has 0 aromatic heterocycles. The summed E-state index contributed by atoms with van der Waals surface area (Å²) in [4.78, 5) is 24.1. The van der Waals surface area contributed by atoms with Gasteiger partial charge in [-0.05, 0) is 25.4 Å². The van der Waals surface area contributed by atoms with Crippen molar-refractivity contribution in [3.05, 3.63) is 0 Å². The van der Waals surface area contributed by atoms with Gasteiger partial charge in [0.15, 0.2) is 0 Å². The number of carbonyl (C=O) groups is 2. The van der Waals surface area contributed by atoms with Crippen LogP contribution in [-0.2, 0) is 9.59 Å². The summed E-state index contributed by atoms with van der Waals surface area (Å²) >= 11 is 0. The van der Waals surface area contributed by atoms with Crippen LogP contribution in [0.15, 0.2) is 0 Å². The van der Waals surface area contributed by atoms with E-state index in [1.54, 1.807) is 4.90 Å². The highest BCUT2D eigenvalue weighted by atomic mass is 16.2. The molecule has 2 aliphatic heterocycles. The van der Waals surface area contributed by atoms with Crippen molar-refractivity contribution in [2.24, 2.45) is 5.92 Å². The monoisotopic (exact) mass is 197 g/mol. The molecule has 0 aliphatic carbocycles. The summed E-state index contributed by atoms with van der Waals surface area (Å²) in [6.07, 6.45) is 1.10. The number of amides is 2. The molecule has 1 unspecified atom stereocenters. The molecule has 0 saturated carbocycles. The molecule has 78 valence electrons. The van der Waals surface area contributed by atoms with Crippen molar-refractivity contribution < 1.29 is 9.59 Å². The first-order valence-electron chi connectivity index (χ1n) is 5.05. The van der Waals surface area contributed by atoms with Crippen LogP contribution in [0.2, 0.25) is 0 Å². The number of nitrogens with zero attached hydrogens (tertiary/aromatic N) is 1. The Hall–Kier alpha value is -1.10. The number of hydrogen-bond acceptors (Lipinski definition) is 3. The Morgan fingerprint density at radius 1 is 1.36 bits per heavy atom. The highest BCUT2D eigenvalue weighted by Crippen LogP contribution is 2.10. The normalized spacial score (nSPS) is 28.0. The Kier molecular flexibility index (Phi) is 2.67. The highest BCUT2D eigenvalue weighted by Gasteiger charge is 2.28. The van der Waals surface area contributed by atoms with E-state index in [9.17, 15) is 9.59 Å². The molecular weight excluding hydrogens is 182 g/mol.